The van der Waals surface area contributed by atoms with Crippen LogP contribution in [0.2, 0.25) is 0 Å². The first-order valence-electron chi connectivity index (χ1n) is 11.3. The highest BCUT2D eigenvalue weighted by Gasteiger charge is 2.35. The number of hydrogen-bond acceptors (Lipinski definition) is 4. The Morgan fingerprint density at radius 1 is 1.06 bits per heavy atom. The summed E-state index contributed by atoms with van der Waals surface area (Å²) in [4.78, 5) is 17.6. The minimum Gasteiger partial charge on any atom is -0.486 e. The van der Waals surface area contributed by atoms with E-state index in [1.807, 2.05) is 23.1 Å². The summed E-state index contributed by atoms with van der Waals surface area (Å²) in [6, 6.07) is 13.4. The van der Waals surface area contributed by atoms with Gasteiger partial charge in [-0.15, -0.1) is 0 Å². The zero-order valence-corrected chi connectivity index (χ0v) is 17.8. The summed E-state index contributed by atoms with van der Waals surface area (Å²) in [7, 11) is 0. The van der Waals surface area contributed by atoms with E-state index in [-0.39, 0.29) is 17.8 Å². The van der Waals surface area contributed by atoms with Crippen molar-refractivity contribution in [2.45, 2.75) is 44.2 Å². The first-order chi connectivity index (χ1) is 15.2. The van der Waals surface area contributed by atoms with Gasteiger partial charge in [0.15, 0.2) is 11.5 Å². The summed E-state index contributed by atoms with van der Waals surface area (Å²) in [5.74, 6) is 1.54. The molecule has 0 aromatic heterocycles. The van der Waals surface area contributed by atoms with Crippen LogP contribution >= 0.6 is 0 Å². The first kappa shape index (κ1) is 20.3. The highest BCUT2D eigenvalue weighted by molar-refractivity contribution is 5.79. The van der Waals surface area contributed by atoms with Gasteiger partial charge in [0.25, 0.3) is 0 Å². The maximum atomic E-state index is 13.5. The number of nitrogens with zero attached hydrogens (tertiary/aromatic N) is 2. The van der Waals surface area contributed by atoms with E-state index in [1.54, 1.807) is 12.1 Å². The number of likely N-dealkylation sites (tertiary alicyclic amines) is 1. The summed E-state index contributed by atoms with van der Waals surface area (Å²) in [6.45, 7) is 3.14. The van der Waals surface area contributed by atoms with Crippen LogP contribution in [-0.2, 0) is 11.2 Å². The molecule has 1 unspecified atom stereocenters. The molecular formula is C25H29FN2O3. The van der Waals surface area contributed by atoms with Crippen LogP contribution in [0.25, 0.3) is 0 Å². The Morgan fingerprint density at radius 3 is 2.71 bits per heavy atom. The van der Waals surface area contributed by atoms with Crippen molar-refractivity contribution in [2.24, 2.45) is 0 Å². The number of benzene rings is 2. The van der Waals surface area contributed by atoms with E-state index in [9.17, 15) is 9.18 Å². The molecule has 1 saturated heterocycles. The van der Waals surface area contributed by atoms with E-state index >= 15 is 0 Å². The number of amides is 1. The summed E-state index contributed by atoms with van der Waals surface area (Å²) < 4.78 is 24.9. The average molecular weight is 425 g/mol. The summed E-state index contributed by atoms with van der Waals surface area (Å²) >= 11 is 0. The van der Waals surface area contributed by atoms with Crippen LogP contribution in [0.15, 0.2) is 42.5 Å². The molecule has 1 atom stereocenters. The highest BCUT2D eigenvalue weighted by atomic mass is 19.1. The van der Waals surface area contributed by atoms with Crippen molar-refractivity contribution < 1.29 is 18.7 Å². The second-order valence-corrected chi connectivity index (χ2v) is 8.73. The third-order valence-corrected chi connectivity index (χ3v) is 6.50. The van der Waals surface area contributed by atoms with Gasteiger partial charge in [0, 0.05) is 19.1 Å². The number of fused-ring (bicyclic) bond motifs is 1. The molecule has 2 heterocycles. The van der Waals surface area contributed by atoms with Crippen LogP contribution < -0.4 is 9.47 Å². The van der Waals surface area contributed by atoms with E-state index in [4.69, 9.17) is 9.47 Å². The molecule has 1 amide bonds. The Morgan fingerprint density at radius 2 is 1.90 bits per heavy atom. The van der Waals surface area contributed by atoms with Crippen molar-refractivity contribution >= 4 is 5.91 Å². The van der Waals surface area contributed by atoms with Crippen molar-refractivity contribution in [1.82, 2.24) is 9.80 Å². The zero-order valence-electron chi connectivity index (χ0n) is 17.8. The molecule has 1 aliphatic carbocycles. The van der Waals surface area contributed by atoms with Gasteiger partial charge in [-0.1, -0.05) is 18.2 Å². The van der Waals surface area contributed by atoms with E-state index in [0.717, 1.165) is 67.8 Å². The lowest BCUT2D eigenvalue weighted by Crippen LogP contribution is -2.41. The van der Waals surface area contributed by atoms with Crippen molar-refractivity contribution in [3.05, 3.63) is 59.4 Å². The maximum Gasteiger partial charge on any atom is 0.237 e. The van der Waals surface area contributed by atoms with Gasteiger partial charge in [-0.25, -0.2) is 4.39 Å². The molecule has 0 spiro atoms. The zero-order chi connectivity index (χ0) is 21.2. The lowest BCUT2D eigenvalue weighted by Gasteiger charge is -2.30. The minimum absolute atomic E-state index is 0.0904. The van der Waals surface area contributed by atoms with Gasteiger partial charge in [-0.2, -0.15) is 0 Å². The normalized spacial score (nSPS) is 20.3. The predicted molar refractivity (Wildman–Crippen MR) is 116 cm³/mol. The quantitative estimate of drug-likeness (QED) is 0.675. The molecule has 2 aliphatic heterocycles. The van der Waals surface area contributed by atoms with E-state index < -0.39 is 0 Å². The SMILES string of the molecule is O=C(CN(CCc1cccc(F)c1)C1CC1)N1CCCC1c1ccc2c(c1)OCCO2. The molecule has 0 bridgehead atoms. The lowest BCUT2D eigenvalue weighted by atomic mass is 10.0. The van der Waals surface area contributed by atoms with Gasteiger partial charge in [-0.3, -0.25) is 9.69 Å². The number of rotatable bonds is 7. The smallest absolute Gasteiger partial charge is 0.237 e. The number of carbonyl (C=O) groups excluding carboxylic acids is 1. The fourth-order valence-electron chi connectivity index (χ4n) is 4.74. The van der Waals surface area contributed by atoms with Gasteiger partial charge < -0.3 is 14.4 Å². The number of ether oxygens (including phenoxy) is 2. The molecule has 2 fully saturated rings. The molecular weight excluding hydrogens is 395 g/mol. The molecule has 2 aromatic rings. The van der Waals surface area contributed by atoms with E-state index in [0.29, 0.717) is 25.8 Å². The van der Waals surface area contributed by atoms with E-state index in [1.165, 1.54) is 6.07 Å². The monoisotopic (exact) mass is 424 g/mol. The minimum atomic E-state index is -0.203. The van der Waals surface area contributed by atoms with Crippen molar-refractivity contribution in [2.75, 3.05) is 32.8 Å². The third-order valence-electron chi connectivity index (χ3n) is 6.50. The predicted octanol–water partition coefficient (Wildman–Crippen LogP) is 3.97. The topological polar surface area (TPSA) is 42.0 Å². The highest BCUT2D eigenvalue weighted by Crippen LogP contribution is 2.38. The lowest BCUT2D eigenvalue weighted by molar-refractivity contribution is -0.133. The molecule has 0 N–H and O–H groups in total. The van der Waals surface area contributed by atoms with Gasteiger partial charge in [0.05, 0.1) is 12.6 Å². The first-order valence-corrected chi connectivity index (χ1v) is 11.3. The van der Waals surface area contributed by atoms with Crippen LogP contribution in [0, 0.1) is 5.82 Å². The van der Waals surface area contributed by atoms with Crippen LogP contribution in [0.1, 0.15) is 42.9 Å². The number of hydrogen-bond donors (Lipinski definition) is 0. The van der Waals surface area contributed by atoms with E-state index in [2.05, 4.69) is 11.0 Å². The van der Waals surface area contributed by atoms with Gasteiger partial charge in [0.1, 0.15) is 19.0 Å². The van der Waals surface area contributed by atoms with Crippen LogP contribution in [0.5, 0.6) is 11.5 Å². The fourth-order valence-corrected chi connectivity index (χ4v) is 4.74. The van der Waals surface area contributed by atoms with Crippen LogP contribution in [-0.4, -0.2) is 54.6 Å². The average Bonchev–Trinajstić information content (AvgIpc) is 3.51. The molecule has 6 heteroatoms. The molecule has 5 rings (SSSR count). The molecule has 0 radical (unpaired) electrons. The second kappa shape index (κ2) is 8.87. The van der Waals surface area contributed by atoms with Crippen LogP contribution in [0.3, 0.4) is 0 Å². The Bertz CT molecular complexity index is 946. The molecule has 5 nitrogen and oxygen atoms in total. The molecule has 31 heavy (non-hydrogen) atoms. The Hall–Kier alpha value is -2.60. The van der Waals surface area contributed by atoms with Gasteiger partial charge in [-0.05, 0) is 67.5 Å². The van der Waals surface area contributed by atoms with Gasteiger partial charge in [0.2, 0.25) is 5.91 Å². The molecule has 3 aliphatic rings. The number of carbonyl (C=O) groups is 1. The molecule has 1 saturated carbocycles. The maximum absolute atomic E-state index is 13.5. The Labute approximate surface area is 182 Å². The van der Waals surface area contributed by atoms with Gasteiger partial charge >= 0.3 is 0 Å². The van der Waals surface area contributed by atoms with Crippen LogP contribution in [0.4, 0.5) is 4.39 Å². The van der Waals surface area contributed by atoms with Crippen molar-refractivity contribution in [3.8, 4) is 11.5 Å². The summed E-state index contributed by atoms with van der Waals surface area (Å²) in [5, 5.41) is 0. The Kier molecular flexibility index (Phi) is 5.81. The summed E-state index contributed by atoms with van der Waals surface area (Å²) in [6.07, 6.45) is 5.02. The number of halogens is 1. The standard InChI is InChI=1S/C25H29FN2O3/c26-20-4-1-3-18(15-20)10-12-27(21-7-8-21)17-25(29)28-11-2-5-22(28)19-6-9-23-24(16-19)31-14-13-30-23/h1,3-4,6,9,15-16,21-22H,2,5,7-8,10-14,17H2. The largest absolute Gasteiger partial charge is 0.486 e. The molecule has 164 valence electrons. The Balaban J connectivity index is 1.25. The second-order valence-electron chi connectivity index (χ2n) is 8.73. The van der Waals surface area contributed by atoms with Crippen molar-refractivity contribution in [1.29, 1.82) is 0 Å². The fraction of sp³-hybridized carbons (Fsp3) is 0.480. The third kappa shape index (κ3) is 4.69. The summed E-state index contributed by atoms with van der Waals surface area (Å²) in [5.41, 5.74) is 2.10. The molecule has 2 aromatic carbocycles. The van der Waals surface area contributed by atoms with Crippen molar-refractivity contribution in [3.63, 3.8) is 0 Å².